The number of hydrogen-bond acceptors (Lipinski definition) is 1. The summed E-state index contributed by atoms with van der Waals surface area (Å²) in [6.07, 6.45) is 6.21. The van der Waals surface area contributed by atoms with Gasteiger partial charge in [0.2, 0.25) is 0 Å². The zero-order valence-corrected chi connectivity index (χ0v) is 10.7. The maximum Gasteiger partial charge on any atom is 0.160 e. The summed E-state index contributed by atoms with van der Waals surface area (Å²) < 4.78 is 0. The van der Waals surface area contributed by atoms with Crippen LogP contribution in [0.25, 0.3) is 0 Å². The number of Topliss-reactive ketones (excluding diaryl/α,β-unsaturated/α-hetero) is 1. The molecular formula is C15H22O. The highest BCUT2D eigenvalue weighted by Crippen LogP contribution is 2.17. The Morgan fingerprint density at radius 2 is 1.94 bits per heavy atom. The van der Waals surface area contributed by atoms with Crippen LogP contribution in [0.4, 0.5) is 0 Å². The van der Waals surface area contributed by atoms with E-state index < -0.39 is 0 Å². The second-order valence-electron chi connectivity index (χ2n) is 4.46. The minimum absolute atomic E-state index is 0.174. The molecule has 0 aliphatic heterocycles. The zero-order chi connectivity index (χ0) is 12.0. The van der Waals surface area contributed by atoms with Crippen LogP contribution >= 0.6 is 0 Å². The summed E-state index contributed by atoms with van der Waals surface area (Å²) in [6.45, 7) is 5.93. The van der Waals surface area contributed by atoms with Crippen molar-refractivity contribution in [3.05, 3.63) is 34.9 Å². The van der Waals surface area contributed by atoms with E-state index in [-0.39, 0.29) is 5.78 Å². The van der Waals surface area contributed by atoms with Crippen LogP contribution in [0.15, 0.2) is 18.2 Å². The van der Waals surface area contributed by atoms with Gasteiger partial charge in [0.1, 0.15) is 0 Å². The lowest BCUT2D eigenvalue weighted by molar-refractivity contribution is 0.101. The first-order valence-corrected chi connectivity index (χ1v) is 6.26. The normalized spacial score (nSPS) is 10.4. The van der Waals surface area contributed by atoms with Crippen molar-refractivity contribution in [1.29, 1.82) is 0 Å². The van der Waals surface area contributed by atoms with Crippen molar-refractivity contribution in [3.8, 4) is 0 Å². The predicted octanol–water partition coefficient (Wildman–Crippen LogP) is 4.32. The Bertz CT molecular complexity index is 352. The number of benzene rings is 1. The van der Waals surface area contributed by atoms with Crippen molar-refractivity contribution >= 4 is 5.78 Å². The van der Waals surface area contributed by atoms with Crippen LogP contribution < -0.4 is 0 Å². The fourth-order valence-electron chi connectivity index (χ4n) is 2.08. The molecule has 1 aromatic rings. The van der Waals surface area contributed by atoms with E-state index in [1.54, 1.807) is 6.92 Å². The molecule has 0 unspecified atom stereocenters. The Hall–Kier alpha value is -1.11. The second kappa shape index (κ2) is 6.47. The Morgan fingerprint density at radius 3 is 2.56 bits per heavy atom. The molecule has 1 aromatic carbocycles. The highest BCUT2D eigenvalue weighted by atomic mass is 16.1. The molecule has 0 radical (unpaired) electrons. The van der Waals surface area contributed by atoms with Crippen LogP contribution in [0.5, 0.6) is 0 Å². The summed E-state index contributed by atoms with van der Waals surface area (Å²) in [7, 11) is 0. The molecule has 0 saturated carbocycles. The maximum atomic E-state index is 11.4. The van der Waals surface area contributed by atoms with Crippen LogP contribution in [0, 0.1) is 6.92 Å². The van der Waals surface area contributed by atoms with E-state index in [1.807, 2.05) is 12.1 Å². The van der Waals surface area contributed by atoms with Gasteiger partial charge in [-0.05, 0) is 37.8 Å². The van der Waals surface area contributed by atoms with E-state index in [2.05, 4.69) is 19.9 Å². The number of aryl methyl sites for hydroxylation is 1. The predicted molar refractivity (Wildman–Crippen MR) is 69.0 cm³/mol. The van der Waals surface area contributed by atoms with Crippen LogP contribution in [-0.4, -0.2) is 5.78 Å². The van der Waals surface area contributed by atoms with Gasteiger partial charge in [-0.3, -0.25) is 4.79 Å². The quantitative estimate of drug-likeness (QED) is 0.513. The molecule has 0 saturated heterocycles. The highest BCUT2D eigenvalue weighted by Gasteiger charge is 2.06. The van der Waals surface area contributed by atoms with Gasteiger partial charge < -0.3 is 0 Å². The molecule has 0 heterocycles. The molecule has 0 aliphatic carbocycles. The van der Waals surface area contributed by atoms with Crippen molar-refractivity contribution in [2.24, 2.45) is 0 Å². The largest absolute Gasteiger partial charge is 0.295 e. The number of unbranched alkanes of at least 4 members (excludes halogenated alkanes) is 3. The summed E-state index contributed by atoms with van der Waals surface area (Å²) >= 11 is 0. The second-order valence-corrected chi connectivity index (χ2v) is 4.46. The summed E-state index contributed by atoms with van der Waals surface area (Å²) in [5, 5.41) is 0. The first-order valence-electron chi connectivity index (χ1n) is 6.26. The fourth-order valence-corrected chi connectivity index (χ4v) is 2.08. The third-order valence-corrected chi connectivity index (χ3v) is 3.12. The lowest BCUT2D eigenvalue weighted by Crippen LogP contribution is -2.00. The molecule has 88 valence electrons. The third-order valence-electron chi connectivity index (χ3n) is 3.12. The first kappa shape index (κ1) is 13.0. The molecule has 0 amide bonds. The van der Waals surface area contributed by atoms with Gasteiger partial charge in [-0.25, -0.2) is 0 Å². The van der Waals surface area contributed by atoms with E-state index in [9.17, 15) is 4.79 Å². The molecule has 0 spiro atoms. The Morgan fingerprint density at radius 1 is 1.19 bits per heavy atom. The van der Waals surface area contributed by atoms with Gasteiger partial charge in [-0.15, -0.1) is 0 Å². The molecule has 0 aliphatic rings. The summed E-state index contributed by atoms with van der Waals surface area (Å²) in [5.74, 6) is 0.174. The number of ketones is 1. The van der Waals surface area contributed by atoms with E-state index in [0.717, 1.165) is 12.0 Å². The molecule has 0 N–H and O–H groups in total. The standard InChI is InChI=1S/C15H22O/c1-4-5-6-7-9-14-10-8-11-15(12(14)2)13(3)16/h8,10-11H,4-7,9H2,1-3H3. The fraction of sp³-hybridized carbons (Fsp3) is 0.533. The van der Waals surface area contributed by atoms with E-state index >= 15 is 0 Å². The Balaban J connectivity index is 2.66. The molecule has 1 heteroatoms. The molecule has 0 atom stereocenters. The van der Waals surface area contributed by atoms with Crippen LogP contribution in [-0.2, 0) is 6.42 Å². The molecule has 1 rings (SSSR count). The lowest BCUT2D eigenvalue weighted by Gasteiger charge is -2.09. The molecule has 0 fully saturated rings. The summed E-state index contributed by atoms with van der Waals surface area (Å²) in [6, 6.07) is 6.07. The number of carbonyl (C=O) groups excluding carboxylic acids is 1. The van der Waals surface area contributed by atoms with Gasteiger partial charge >= 0.3 is 0 Å². The van der Waals surface area contributed by atoms with Gasteiger partial charge in [0.05, 0.1) is 0 Å². The van der Waals surface area contributed by atoms with E-state index in [1.165, 1.54) is 36.8 Å². The van der Waals surface area contributed by atoms with Crippen molar-refractivity contribution in [2.75, 3.05) is 0 Å². The van der Waals surface area contributed by atoms with Crippen molar-refractivity contribution in [3.63, 3.8) is 0 Å². The maximum absolute atomic E-state index is 11.4. The minimum atomic E-state index is 0.174. The smallest absolute Gasteiger partial charge is 0.160 e. The van der Waals surface area contributed by atoms with E-state index in [4.69, 9.17) is 0 Å². The van der Waals surface area contributed by atoms with Crippen molar-refractivity contribution < 1.29 is 4.79 Å². The van der Waals surface area contributed by atoms with Crippen LogP contribution in [0.2, 0.25) is 0 Å². The lowest BCUT2D eigenvalue weighted by atomic mass is 9.96. The first-order chi connectivity index (χ1) is 7.66. The zero-order valence-electron chi connectivity index (χ0n) is 10.7. The molecule has 1 nitrogen and oxygen atoms in total. The number of hydrogen-bond donors (Lipinski definition) is 0. The van der Waals surface area contributed by atoms with Gasteiger partial charge in [0.15, 0.2) is 5.78 Å². The Kier molecular flexibility index (Phi) is 5.24. The van der Waals surface area contributed by atoms with Crippen molar-refractivity contribution in [1.82, 2.24) is 0 Å². The summed E-state index contributed by atoms with van der Waals surface area (Å²) in [4.78, 5) is 11.4. The molecule has 0 bridgehead atoms. The SMILES string of the molecule is CCCCCCc1cccc(C(C)=O)c1C. The summed E-state index contributed by atoms with van der Waals surface area (Å²) in [5.41, 5.74) is 3.39. The van der Waals surface area contributed by atoms with Crippen LogP contribution in [0.1, 0.15) is 61.0 Å². The van der Waals surface area contributed by atoms with Gasteiger partial charge in [0.25, 0.3) is 0 Å². The van der Waals surface area contributed by atoms with E-state index in [0.29, 0.717) is 0 Å². The van der Waals surface area contributed by atoms with Crippen LogP contribution in [0.3, 0.4) is 0 Å². The molecular weight excluding hydrogens is 196 g/mol. The van der Waals surface area contributed by atoms with Crippen molar-refractivity contribution in [2.45, 2.75) is 52.9 Å². The topological polar surface area (TPSA) is 17.1 Å². The van der Waals surface area contributed by atoms with Gasteiger partial charge in [-0.2, -0.15) is 0 Å². The molecule has 16 heavy (non-hydrogen) atoms. The third kappa shape index (κ3) is 3.48. The Labute approximate surface area is 98.9 Å². The van der Waals surface area contributed by atoms with Gasteiger partial charge in [0, 0.05) is 5.56 Å². The van der Waals surface area contributed by atoms with Gasteiger partial charge in [-0.1, -0.05) is 44.4 Å². The highest BCUT2D eigenvalue weighted by molar-refractivity contribution is 5.95. The minimum Gasteiger partial charge on any atom is -0.295 e. The average Bonchev–Trinajstić information content (AvgIpc) is 2.26. The number of rotatable bonds is 6. The number of carbonyl (C=O) groups is 1. The molecule has 0 aromatic heterocycles. The average molecular weight is 218 g/mol. The monoisotopic (exact) mass is 218 g/mol.